The Balaban J connectivity index is 1.74. The number of rotatable bonds is 5. The zero-order valence-electron chi connectivity index (χ0n) is 15.0. The molecule has 26 heavy (non-hydrogen) atoms. The number of hydrogen-bond donors (Lipinski definition) is 1. The van der Waals surface area contributed by atoms with Crippen LogP contribution in [0.1, 0.15) is 24.5 Å². The van der Waals surface area contributed by atoms with Gasteiger partial charge < -0.3 is 15.0 Å². The quantitative estimate of drug-likeness (QED) is 0.841. The molecule has 5 nitrogen and oxygen atoms in total. The van der Waals surface area contributed by atoms with Gasteiger partial charge in [0.2, 0.25) is 0 Å². The van der Waals surface area contributed by atoms with Gasteiger partial charge in [0, 0.05) is 12.2 Å². The number of hydrogen-bond acceptors (Lipinski definition) is 5. The predicted octanol–water partition coefficient (Wildman–Crippen LogP) is 3.34. The predicted molar refractivity (Wildman–Crippen MR) is 101 cm³/mol. The van der Waals surface area contributed by atoms with E-state index in [1.54, 1.807) is 0 Å². The zero-order chi connectivity index (χ0) is 18.5. The zero-order valence-corrected chi connectivity index (χ0v) is 15.0. The second kappa shape index (κ2) is 7.75. The van der Waals surface area contributed by atoms with Gasteiger partial charge in [0.1, 0.15) is 0 Å². The molecule has 0 atom stereocenters. The van der Waals surface area contributed by atoms with Crippen molar-refractivity contribution in [2.45, 2.75) is 13.3 Å². The maximum absolute atomic E-state index is 11.3. The van der Waals surface area contributed by atoms with Crippen molar-refractivity contribution in [2.24, 2.45) is 0 Å². The van der Waals surface area contributed by atoms with Gasteiger partial charge in [0.05, 0.1) is 37.5 Å². The molecule has 0 unspecified atom stereocenters. The van der Waals surface area contributed by atoms with E-state index in [1.165, 1.54) is 7.11 Å². The fraction of sp³-hybridized carbons (Fsp3) is 0.238. The van der Waals surface area contributed by atoms with E-state index in [1.807, 2.05) is 24.3 Å². The number of methoxy groups -OCH3 is 1. The van der Waals surface area contributed by atoms with Crippen LogP contribution in [-0.2, 0) is 9.53 Å². The van der Waals surface area contributed by atoms with Crippen molar-refractivity contribution < 1.29 is 9.53 Å². The minimum atomic E-state index is -0.196. The molecule has 0 spiro atoms. The number of nitrogens with one attached hydrogen (secondary N) is 1. The number of ether oxygens (including phenoxy) is 1. The lowest BCUT2D eigenvalue weighted by molar-refractivity contribution is -0.140. The van der Waals surface area contributed by atoms with Crippen molar-refractivity contribution in [3.63, 3.8) is 0 Å². The van der Waals surface area contributed by atoms with E-state index in [4.69, 9.17) is 10.00 Å². The second-order valence-electron chi connectivity index (χ2n) is 6.15. The van der Waals surface area contributed by atoms with Gasteiger partial charge in [0.15, 0.2) is 0 Å². The Bertz CT molecular complexity index is 862. The van der Waals surface area contributed by atoms with Crippen LogP contribution >= 0.6 is 0 Å². The first-order chi connectivity index (χ1) is 12.6. The molecule has 0 amide bonds. The average molecular weight is 347 g/mol. The molecule has 1 heterocycles. The first-order valence-corrected chi connectivity index (χ1v) is 8.50. The lowest BCUT2D eigenvalue weighted by Crippen LogP contribution is -2.26. The van der Waals surface area contributed by atoms with E-state index in [0.717, 1.165) is 28.1 Å². The van der Waals surface area contributed by atoms with Crippen LogP contribution in [0.2, 0.25) is 0 Å². The van der Waals surface area contributed by atoms with Gasteiger partial charge in [-0.25, -0.2) is 0 Å². The topological polar surface area (TPSA) is 65.4 Å². The van der Waals surface area contributed by atoms with Gasteiger partial charge in [-0.1, -0.05) is 36.4 Å². The molecule has 1 aliphatic heterocycles. The molecule has 3 rings (SSSR count). The number of nitrogens with zero attached hydrogens (tertiary/aromatic N) is 2. The molecule has 1 aliphatic rings. The van der Waals surface area contributed by atoms with Crippen LogP contribution in [0, 0.1) is 11.3 Å². The van der Waals surface area contributed by atoms with Crippen molar-refractivity contribution in [2.75, 3.05) is 20.3 Å². The summed E-state index contributed by atoms with van der Waals surface area (Å²) in [5, 5.41) is 12.3. The van der Waals surface area contributed by atoms with E-state index in [0.29, 0.717) is 25.2 Å². The van der Waals surface area contributed by atoms with Crippen molar-refractivity contribution in [3.8, 4) is 17.2 Å². The summed E-state index contributed by atoms with van der Waals surface area (Å²) in [5.41, 5.74) is 6.17. The first kappa shape index (κ1) is 17.6. The van der Waals surface area contributed by atoms with Crippen LogP contribution in [0.5, 0.6) is 0 Å². The second-order valence-corrected chi connectivity index (χ2v) is 6.15. The van der Waals surface area contributed by atoms with E-state index < -0.39 is 0 Å². The lowest BCUT2D eigenvalue weighted by Gasteiger charge is -2.17. The Kier molecular flexibility index (Phi) is 5.23. The number of allylic oxidation sites excluding steroid dienone is 1. The summed E-state index contributed by atoms with van der Waals surface area (Å²) in [7, 11) is 1.41. The van der Waals surface area contributed by atoms with Gasteiger partial charge in [0.25, 0.3) is 0 Å². The maximum atomic E-state index is 11.3. The van der Waals surface area contributed by atoms with Gasteiger partial charge in [-0.2, -0.15) is 5.26 Å². The van der Waals surface area contributed by atoms with Gasteiger partial charge in [-0.3, -0.25) is 4.79 Å². The largest absolute Gasteiger partial charge is 0.469 e. The fourth-order valence-corrected chi connectivity index (χ4v) is 3.03. The molecule has 132 valence electrons. The molecule has 0 bridgehead atoms. The van der Waals surface area contributed by atoms with Crippen molar-refractivity contribution in [3.05, 3.63) is 65.4 Å². The highest BCUT2D eigenvalue weighted by Crippen LogP contribution is 2.26. The molecule has 2 aromatic carbocycles. The van der Waals surface area contributed by atoms with E-state index in [-0.39, 0.29) is 5.97 Å². The third-order valence-electron chi connectivity index (χ3n) is 4.62. The van der Waals surface area contributed by atoms with Crippen LogP contribution < -0.4 is 5.32 Å². The normalized spacial score (nSPS) is 13.3. The van der Waals surface area contributed by atoms with Gasteiger partial charge >= 0.3 is 5.97 Å². The maximum Gasteiger partial charge on any atom is 0.307 e. The highest BCUT2D eigenvalue weighted by atomic mass is 16.5. The molecule has 0 fully saturated rings. The van der Waals surface area contributed by atoms with E-state index in [2.05, 4.69) is 47.5 Å². The molecule has 0 radical (unpaired) electrons. The van der Waals surface area contributed by atoms with Crippen molar-refractivity contribution in [1.29, 1.82) is 5.26 Å². The van der Waals surface area contributed by atoms with Crippen LogP contribution in [0.3, 0.4) is 0 Å². The van der Waals surface area contributed by atoms with E-state index in [9.17, 15) is 4.79 Å². The first-order valence-electron chi connectivity index (χ1n) is 8.50. The Labute approximate surface area is 153 Å². The highest BCUT2D eigenvalue weighted by molar-refractivity contribution is 5.73. The molecule has 0 saturated heterocycles. The summed E-state index contributed by atoms with van der Waals surface area (Å²) < 4.78 is 4.71. The minimum absolute atomic E-state index is 0.196. The number of esters is 1. The molecule has 0 aromatic heterocycles. The highest BCUT2D eigenvalue weighted by Gasteiger charge is 2.20. The molecular formula is C21H21N3O2. The summed E-state index contributed by atoms with van der Waals surface area (Å²) in [5.74, 6) is -0.196. The average Bonchev–Trinajstić information content (AvgIpc) is 3.06. The van der Waals surface area contributed by atoms with E-state index >= 15 is 0 Å². The van der Waals surface area contributed by atoms with Crippen molar-refractivity contribution in [1.82, 2.24) is 10.2 Å². The molecule has 5 heteroatoms. The summed E-state index contributed by atoms with van der Waals surface area (Å²) in [6, 6.07) is 18.0. The van der Waals surface area contributed by atoms with Crippen LogP contribution in [0.15, 0.2) is 54.2 Å². The summed E-state index contributed by atoms with van der Waals surface area (Å²) in [6.07, 6.45) is 0.375. The third-order valence-corrected chi connectivity index (χ3v) is 4.62. The molecule has 2 aromatic rings. The Morgan fingerprint density at radius 2 is 1.69 bits per heavy atom. The number of carbonyl (C=O) groups is 1. The van der Waals surface area contributed by atoms with Crippen LogP contribution in [-0.4, -0.2) is 31.2 Å². The monoisotopic (exact) mass is 347 g/mol. The standard InChI is InChI=1S/C21H21N3O2/c1-15-21(23-14-24(15)12-11-20(25)26-2)19-9-7-18(8-10-19)17-5-3-16(13-22)4-6-17/h3-10,23H,11-12,14H2,1-2H3. The molecular weight excluding hydrogens is 326 g/mol. The number of nitriles is 1. The lowest BCUT2D eigenvalue weighted by atomic mass is 10.0. The summed E-state index contributed by atoms with van der Waals surface area (Å²) >= 11 is 0. The van der Waals surface area contributed by atoms with Crippen molar-refractivity contribution >= 4 is 11.7 Å². The molecule has 0 aliphatic carbocycles. The van der Waals surface area contributed by atoms with Gasteiger partial charge in [-0.05, 0) is 35.7 Å². The minimum Gasteiger partial charge on any atom is -0.469 e. The number of benzene rings is 2. The third kappa shape index (κ3) is 3.70. The van der Waals surface area contributed by atoms with Gasteiger partial charge in [-0.15, -0.1) is 0 Å². The number of carbonyl (C=O) groups excluding carboxylic acids is 1. The Hall–Kier alpha value is -3.26. The van der Waals surface area contributed by atoms with Crippen LogP contribution in [0.4, 0.5) is 0 Å². The molecule has 1 N–H and O–H groups in total. The fourth-order valence-electron chi connectivity index (χ4n) is 3.03. The smallest absolute Gasteiger partial charge is 0.307 e. The Morgan fingerprint density at radius 1 is 1.12 bits per heavy atom. The SMILES string of the molecule is COC(=O)CCN1CNC(c2ccc(-c3ccc(C#N)cc3)cc2)=C1C. The summed E-state index contributed by atoms with van der Waals surface area (Å²) in [4.78, 5) is 13.5. The molecule has 0 saturated carbocycles. The Morgan fingerprint density at radius 3 is 2.27 bits per heavy atom. The van der Waals surface area contributed by atoms with Crippen LogP contribution in [0.25, 0.3) is 16.8 Å². The summed E-state index contributed by atoms with van der Waals surface area (Å²) in [6.45, 7) is 3.38.